The summed E-state index contributed by atoms with van der Waals surface area (Å²) in [5.41, 5.74) is 13.0. The molecule has 0 radical (unpaired) electrons. The standard InChI is InChI=1S/C35H20BN7/c1-3-9-21(10-4-1)33-39-34(22-11-5-2-6-12-22)41-35(40-33)23-17-28-30-29(18-23)43-20-38-27-16-8-14-25(32(27)43)36(30)24-13-7-15-26-31(24)42(28)19-37-26/h1-20H. The van der Waals surface area contributed by atoms with Gasteiger partial charge in [0.2, 0.25) is 0 Å². The molecule has 0 N–H and O–H groups in total. The van der Waals surface area contributed by atoms with Crippen molar-refractivity contribution in [3.8, 4) is 45.5 Å². The smallest absolute Gasteiger partial charge is 0.252 e. The fraction of sp³-hybridized carbons (Fsp3) is 0. The van der Waals surface area contributed by atoms with Crippen LogP contribution in [0.15, 0.2) is 122 Å². The average molecular weight is 549 g/mol. The quantitative estimate of drug-likeness (QED) is 0.299. The largest absolute Gasteiger partial charge is 0.300 e. The Morgan fingerprint density at radius 3 is 1.42 bits per heavy atom. The summed E-state index contributed by atoms with van der Waals surface area (Å²) in [6.07, 6.45) is 3.87. The molecule has 0 spiro atoms. The van der Waals surface area contributed by atoms with Gasteiger partial charge < -0.3 is 0 Å². The van der Waals surface area contributed by atoms with E-state index in [-0.39, 0.29) is 6.71 Å². The number of hydrogen-bond donors (Lipinski definition) is 0. The minimum atomic E-state index is 0.0676. The first-order valence-electron chi connectivity index (χ1n) is 14.3. The van der Waals surface area contributed by atoms with Gasteiger partial charge in [0.25, 0.3) is 6.71 Å². The fourth-order valence-electron chi connectivity index (χ4n) is 6.88. The highest BCUT2D eigenvalue weighted by Crippen LogP contribution is 2.33. The maximum Gasteiger partial charge on any atom is 0.252 e. The Labute approximate surface area is 246 Å². The average Bonchev–Trinajstić information content (AvgIpc) is 3.72. The van der Waals surface area contributed by atoms with Gasteiger partial charge in [0.1, 0.15) is 12.7 Å². The van der Waals surface area contributed by atoms with Gasteiger partial charge in [-0.05, 0) is 40.7 Å². The minimum absolute atomic E-state index is 0.0676. The predicted octanol–water partition coefficient (Wildman–Crippen LogP) is 4.69. The Morgan fingerprint density at radius 2 is 0.930 bits per heavy atom. The molecule has 0 atom stereocenters. The number of fused-ring (bicyclic) bond motifs is 4. The molecule has 10 rings (SSSR count). The molecule has 8 heteroatoms. The Hall–Kier alpha value is -5.89. The molecule has 3 aromatic heterocycles. The van der Waals surface area contributed by atoms with Crippen molar-refractivity contribution >= 4 is 45.2 Å². The van der Waals surface area contributed by atoms with Crippen molar-refractivity contribution < 1.29 is 0 Å². The van der Waals surface area contributed by atoms with Crippen LogP contribution < -0.4 is 16.4 Å². The number of aromatic nitrogens is 7. The zero-order valence-electron chi connectivity index (χ0n) is 22.8. The van der Waals surface area contributed by atoms with Crippen molar-refractivity contribution in [3.63, 3.8) is 0 Å². The van der Waals surface area contributed by atoms with E-state index in [0.29, 0.717) is 17.5 Å². The van der Waals surface area contributed by atoms with Crippen LogP contribution in [0.25, 0.3) is 67.6 Å². The second-order valence-electron chi connectivity index (χ2n) is 11.1. The molecule has 43 heavy (non-hydrogen) atoms. The van der Waals surface area contributed by atoms with E-state index >= 15 is 0 Å². The number of hydrogen-bond acceptors (Lipinski definition) is 5. The van der Waals surface area contributed by atoms with Crippen LogP contribution in [0.5, 0.6) is 0 Å². The molecule has 0 saturated heterocycles. The third-order valence-corrected chi connectivity index (χ3v) is 8.72. The number of nitrogens with zero attached hydrogens (tertiary/aromatic N) is 7. The van der Waals surface area contributed by atoms with Gasteiger partial charge in [0.05, 0.1) is 22.1 Å². The van der Waals surface area contributed by atoms with Crippen molar-refractivity contribution in [2.24, 2.45) is 0 Å². The molecule has 5 aromatic carbocycles. The Bertz CT molecular complexity index is 2250. The van der Waals surface area contributed by atoms with Gasteiger partial charge in [-0.2, -0.15) is 0 Å². The molecule has 198 valence electrons. The highest BCUT2D eigenvalue weighted by Gasteiger charge is 2.39. The summed E-state index contributed by atoms with van der Waals surface area (Å²) < 4.78 is 4.45. The van der Waals surface area contributed by atoms with Crippen LogP contribution in [-0.4, -0.2) is 40.8 Å². The van der Waals surface area contributed by atoms with Crippen molar-refractivity contribution in [3.05, 3.63) is 122 Å². The van der Waals surface area contributed by atoms with E-state index in [9.17, 15) is 0 Å². The van der Waals surface area contributed by atoms with Gasteiger partial charge >= 0.3 is 0 Å². The molecule has 5 heterocycles. The minimum Gasteiger partial charge on any atom is -0.300 e. The van der Waals surface area contributed by atoms with E-state index in [1.165, 1.54) is 16.4 Å². The Balaban J connectivity index is 1.30. The van der Waals surface area contributed by atoms with E-state index < -0.39 is 0 Å². The summed E-state index contributed by atoms with van der Waals surface area (Å²) in [6, 6.07) is 37.5. The first kappa shape index (κ1) is 22.8. The van der Waals surface area contributed by atoms with Crippen LogP contribution >= 0.6 is 0 Å². The molecular formula is C35H20BN7. The molecule has 2 aliphatic heterocycles. The number of rotatable bonds is 3. The van der Waals surface area contributed by atoms with Crippen molar-refractivity contribution in [1.82, 2.24) is 34.1 Å². The third kappa shape index (κ3) is 3.12. The van der Waals surface area contributed by atoms with Crippen LogP contribution in [0.4, 0.5) is 0 Å². The lowest BCUT2D eigenvalue weighted by atomic mass is 9.34. The van der Waals surface area contributed by atoms with E-state index in [1.807, 2.05) is 73.3 Å². The normalized spacial score (nSPS) is 12.6. The van der Waals surface area contributed by atoms with E-state index in [2.05, 4.69) is 57.7 Å². The van der Waals surface area contributed by atoms with E-state index in [4.69, 9.17) is 24.9 Å². The monoisotopic (exact) mass is 549 g/mol. The molecule has 0 aliphatic carbocycles. The van der Waals surface area contributed by atoms with Gasteiger partial charge in [-0.1, -0.05) is 84.9 Å². The number of imidazole rings is 2. The van der Waals surface area contributed by atoms with Gasteiger partial charge in [-0.15, -0.1) is 0 Å². The third-order valence-electron chi connectivity index (χ3n) is 8.72. The Kier molecular flexibility index (Phi) is 4.41. The zero-order chi connectivity index (χ0) is 28.1. The summed E-state index contributed by atoms with van der Waals surface area (Å²) >= 11 is 0. The molecule has 2 aliphatic rings. The van der Waals surface area contributed by atoms with Crippen molar-refractivity contribution in [1.29, 1.82) is 0 Å². The van der Waals surface area contributed by atoms with E-state index in [1.54, 1.807) is 0 Å². The van der Waals surface area contributed by atoms with Crippen LogP contribution in [0.1, 0.15) is 0 Å². The maximum atomic E-state index is 5.05. The SMILES string of the molecule is c1ccc(-c2nc(-c3ccccc3)nc(-c3cc4c5c(c3)-n3cnc6cccc(c63)B5c3cccc5ncn-4c35)n2)cc1. The maximum absolute atomic E-state index is 5.05. The molecule has 0 saturated carbocycles. The zero-order valence-corrected chi connectivity index (χ0v) is 22.8. The van der Waals surface area contributed by atoms with Gasteiger partial charge in [-0.3, -0.25) is 9.13 Å². The first-order chi connectivity index (χ1) is 21.3. The fourth-order valence-corrected chi connectivity index (χ4v) is 6.88. The van der Waals surface area contributed by atoms with Crippen LogP contribution in [0.2, 0.25) is 0 Å². The second-order valence-corrected chi connectivity index (χ2v) is 11.1. The molecule has 0 amide bonds. The summed E-state index contributed by atoms with van der Waals surface area (Å²) in [5.74, 6) is 1.90. The van der Waals surface area contributed by atoms with Crippen molar-refractivity contribution in [2.75, 3.05) is 0 Å². The van der Waals surface area contributed by atoms with E-state index in [0.717, 1.165) is 50.1 Å². The van der Waals surface area contributed by atoms with Crippen LogP contribution in [-0.2, 0) is 0 Å². The lowest BCUT2D eigenvalue weighted by Crippen LogP contribution is -2.59. The lowest BCUT2D eigenvalue weighted by Gasteiger charge is -2.32. The van der Waals surface area contributed by atoms with Crippen LogP contribution in [0, 0.1) is 0 Å². The highest BCUT2D eigenvalue weighted by molar-refractivity contribution is 7.00. The molecule has 8 aromatic rings. The second kappa shape index (κ2) is 8.33. The number of para-hydroxylation sites is 2. The summed E-state index contributed by atoms with van der Waals surface area (Å²) in [4.78, 5) is 24.6. The van der Waals surface area contributed by atoms with Gasteiger partial charge in [0.15, 0.2) is 17.5 Å². The first-order valence-corrected chi connectivity index (χ1v) is 14.3. The number of benzene rings is 5. The predicted molar refractivity (Wildman–Crippen MR) is 170 cm³/mol. The summed E-state index contributed by atoms with van der Waals surface area (Å²) in [5, 5.41) is 0. The molecular weight excluding hydrogens is 529 g/mol. The lowest BCUT2D eigenvalue weighted by molar-refractivity contribution is 1.05. The summed E-state index contributed by atoms with van der Waals surface area (Å²) in [6.45, 7) is 0.0676. The van der Waals surface area contributed by atoms with Gasteiger partial charge in [0, 0.05) is 28.1 Å². The highest BCUT2D eigenvalue weighted by atomic mass is 15.1. The van der Waals surface area contributed by atoms with Crippen molar-refractivity contribution in [2.45, 2.75) is 0 Å². The summed E-state index contributed by atoms with van der Waals surface area (Å²) in [7, 11) is 0. The molecule has 0 bridgehead atoms. The molecule has 7 nitrogen and oxygen atoms in total. The molecule has 0 fully saturated rings. The van der Waals surface area contributed by atoms with Crippen LogP contribution in [0.3, 0.4) is 0 Å². The topological polar surface area (TPSA) is 74.3 Å². The Morgan fingerprint density at radius 1 is 0.465 bits per heavy atom. The van der Waals surface area contributed by atoms with Gasteiger partial charge in [-0.25, -0.2) is 24.9 Å². The molecule has 0 unspecified atom stereocenters.